The molecular formula is C23H21ClN2O2. The Balaban J connectivity index is 1.43. The van der Waals surface area contributed by atoms with Gasteiger partial charge in [0.2, 0.25) is 5.91 Å². The van der Waals surface area contributed by atoms with Crippen molar-refractivity contribution in [2.45, 2.75) is 19.8 Å². The Morgan fingerprint density at radius 2 is 1.89 bits per heavy atom. The number of amides is 1. The molecule has 0 radical (unpaired) electrons. The SMILES string of the molecule is CCc1cccc2c1[nH]c1cc(NC(=O)CCOc3ccc(Cl)cc3)ccc12. The Morgan fingerprint density at radius 3 is 2.68 bits per heavy atom. The van der Waals surface area contributed by atoms with Crippen LogP contribution in [-0.4, -0.2) is 17.5 Å². The van der Waals surface area contributed by atoms with Gasteiger partial charge in [0.15, 0.2) is 0 Å². The fourth-order valence-electron chi connectivity index (χ4n) is 3.38. The van der Waals surface area contributed by atoms with E-state index in [0.29, 0.717) is 17.4 Å². The van der Waals surface area contributed by atoms with Crippen LogP contribution in [0.2, 0.25) is 5.02 Å². The number of carbonyl (C=O) groups is 1. The minimum atomic E-state index is -0.0846. The first-order valence-corrected chi connectivity index (χ1v) is 9.73. The second kappa shape index (κ2) is 7.95. The predicted molar refractivity (Wildman–Crippen MR) is 115 cm³/mol. The highest BCUT2D eigenvalue weighted by atomic mass is 35.5. The fourth-order valence-corrected chi connectivity index (χ4v) is 3.50. The highest BCUT2D eigenvalue weighted by molar-refractivity contribution is 6.30. The number of H-pyrrole nitrogens is 1. The Bertz CT molecular complexity index is 1130. The number of halogens is 1. The molecule has 3 aromatic carbocycles. The van der Waals surface area contributed by atoms with Crippen LogP contribution < -0.4 is 10.1 Å². The number of carbonyl (C=O) groups excluding carboxylic acids is 1. The number of aromatic nitrogens is 1. The first-order valence-electron chi connectivity index (χ1n) is 9.35. The molecular weight excluding hydrogens is 372 g/mol. The lowest BCUT2D eigenvalue weighted by atomic mass is 10.1. The number of benzene rings is 3. The summed E-state index contributed by atoms with van der Waals surface area (Å²) in [7, 11) is 0. The Kier molecular flexibility index (Phi) is 5.22. The summed E-state index contributed by atoms with van der Waals surface area (Å²) < 4.78 is 5.58. The lowest BCUT2D eigenvalue weighted by Crippen LogP contribution is -2.15. The molecule has 1 aromatic heterocycles. The third-order valence-electron chi connectivity index (χ3n) is 4.80. The standard InChI is InChI=1S/C23H21ClN2O2/c1-2-15-4-3-5-20-19-11-8-17(14-21(19)26-23(15)20)25-22(27)12-13-28-18-9-6-16(24)7-10-18/h3-11,14,26H,2,12-13H2,1H3,(H,25,27). The first-order chi connectivity index (χ1) is 13.6. The van der Waals surface area contributed by atoms with Crippen LogP contribution in [0.15, 0.2) is 60.7 Å². The lowest BCUT2D eigenvalue weighted by Gasteiger charge is -2.07. The molecule has 0 spiro atoms. The van der Waals surface area contributed by atoms with E-state index in [2.05, 4.69) is 35.4 Å². The van der Waals surface area contributed by atoms with Gasteiger partial charge >= 0.3 is 0 Å². The summed E-state index contributed by atoms with van der Waals surface area (Å²) in [5.74, 6) is 0.613. The van der Waals surface area contributed by atoms with Gasteiger partial charge in [-0.2, -0.15) is 0 Å². The van der Waals surface area contributed by atoms with Gasteiger partial charge in [0.25, 0.3) is 0 Å². The molecule has 0 saturated carbocycles. The number of aryl methyl sites for hydroxylation is 1. The molecule has 1 amide bonds. The van der Waals surface area contributed by atoms with Crippen molar-refractivity contribution in [1.82, 2.24) is 4.98 Å². The van der Waals surface area contributed by atoms with E-state index in [1.54, 1.807) is 24.3 Å². The maximum atomic E-state index is 12.2. The van der Waals surface area contributed by atoms with Gasteiger partial charge in [-0.3, -0.25) is 4.79 Å². The maximum Gasteiger partial charge on any atom is 0.227 e. The van der Waals surface area contributed by atoms with E-state index >= 15 is 0 Å². The molecule has 142 valence electrons. The highest BCUT2D eigenvalue weighted by Gasteiger charge is 2.09. The van der Waals surface area contributed by atoms with Crippen LogP contribution in [0.25, 0.3) is 21.8 Å². The monoisotopic (exact) mass is 392 g/mol. The zero-order valence-corrected chi connectivity index (χ0v) is 16.3. The van der Waals surface area contributed by atoms with E-state index in [1.807, 2.05) is 18.2 Å². The predicted octanol–water partition coefficient (Wildman–Crippen LogP) is 5.94. The fraction of sp³-hybridized carbons (Fsp3) is 0.174. The van der Waals surface area contributed by atoms with Crippen molar-refractivity contribution in [3.63, 3.8) is 0 Å². The summed E-state index contributed by atoms with van der Waals surface area (Å²) in [5, 5.41) is 5.97. The van der Waals surface area contributed by atoms with Crippen molar-refractivity contribution in [1.29, 1.82) is 0 Å². The summed E-state index contributed by atoms with van der Waals surface area (Å²) in [4.78, 5) is 15.7. The molecule has 4 rings (SSSR count). The van der Waals surface area contributed by atoms with E-state index in [4.69, 9.17) is 16.3 Å². The third-order valence-corrected chi connectivity index (χ3v) is 5.05. The maximum absolute atomic E-state index is 12.2. The average Bonchev–Trinajstić information content (AvgIpc) is 3.07. The molecule has 0 unspecified atom stereocenters. The number of ether oxygens (including phenoxy) is 1. The van der Waals surface area contributed by atoms with E-state index in [-0.39, 0.29) is 12.3 Å². The molecule has 0 aliphatic carbocycles. The van der Waals surface area contributed by atoms with Crippen LogP contribution >= 0.6 is 11.6 Å². The Labute approximate surface area is 168 Å². The Hall–Kier alpha value is -2.98. The average molecular weight is 393 g/mol. The van der Waals surface area contributed by atoms with E-state index in [1.165, 1.54) is 16.5 Å². The van der Waals surface area contributed by atoms with Crippen molar-refractivity contribution in [3.05, 3.63) is 71.2 Å². The molecule has 4 aromatic rings. The third kappa shape index (κ3) is 3.82. The molecule has 0 fully saturated rings. The molecule has 0 aliphatic heterocycles. The van der Waals surface area contributed by atoms with Crippen LogP contribution in [0.3, 0.4) is 0 Å². The summed E-state index contributed by atoms with van der Waals surface area (Å²) in [5.41, 5.74) is 4.25. The minimum absolute atomic E-state index is 0.0846. The molecule has 0 saturated heterocycles. The molecule has 28 heavy (non-hydrogen) atoms. The number of rotatable bonds is 6. The second-order valence-corrected chi connectivity index (χ2v) is 7.12. The van der Waals surface area contributed by atoms with Gasteiger partial charge in [-0.15, -0.1) is 0 Å². The van der Waals surface area contributed by atoms with Gasteiger partial charge in [-0.05, 0) is 48.4 Å². The molecule has 0 bridgehead atoms. The molecule has 0 atom stereocenters. The summed E-state index contributed by atoms with van der Waals surface area (Å²) >= 11 is 5.85. The van der Waals surface area contributed by atoms with Gasteiger partial charge in [-0.25, -0.2) is 0 Å². The number of nitrogens with one attached hydrogen (secondary N) is 2. The van der Waals surface area contributed by atoms with Crippen molar-refractivity contribution in [2.75, 3.05) is 11.9 Å². The zero-order chi connectivity index (χ0) is 19.5. The topological polar surface area (TPSA) is 54.1 Å². The van der Waals surface area contributed by atoms with Gasteiger partial charge in [-0.1, -0.05) is 42.8 Å². The van der Waals surface area contributed by atoms with E-state index in [9.17, 15) is 4.79 Å². The normalized spacial score (nSPS) is 11.1. The quantitative estimate of drug-likeness (QED) is 0.426. The minimum Gasteiger partial charge on any atom is -0.493 e. The molecule has 5 heteroatoms. The number of aromatic amines is 1. The Morgan fingerprint density at radius 1 is 1.07 bits per heavy atom. The number of para-hydroxylation sites is 1. The van der Waals surface area contributed by atoms with Crippen LogP contribution in [-0.2, 0) is 11.2 Å². The zero-order valence-electron chi connectivity index (χ0n) is 15.6. The molecule has 2 N–H and O–H groups in total. The van der Waals surface area contributed by atoms with Gasteiger partial charge in [0.1, 0.15) is 5.75 Å². The number of hydrogen-bond donors (Lipinski definition) is 2. The summed E-state index contributed by atoms with van der Waals surface area (Å²) in [6.07, 6.45) is 1.24. The second-order valence-electron chi connectivity index (χ2n) is 6.68. The number of hydrogen-bond acceptors (Lipinski definition) is 2. The van der Waals surface area contributed by atoms with Crippen LogP contribution in [0.5, 0.6) is 5.75 Å². The number of anilines is 1. The highest BCUT2D eigenvalue weighted by Crippen LogP contribution is 2.29. The molecule has 0 aliphatic rings. The van der Waals surface area contributed by atoms with Crippen molar-refractivity contribution < 1.29 is 9.53 Å². The van der Waals surface area contributed by atoms with Crippen molar-refractivity contribution >= 4 is 45.0 Å². The summed E-state index contributed by atoms with van der Waals surface area (Å²) in [6.45, 7) is 2.46. The first kappa shape index (κ1) is 18.4. The van der Waals surface area contributed by atoms with E-state index < -0.39 is 0 Å². The lowest BCUT2D eigenvalue weighted by molar-refractivity contribution is -0.116. The van der Waals surface area contributed by atoms with E-state index in [0.717, 1.165) is 23.0 Å². The largest absolute Gasteiger partial charge is 0.493 e. The molecule has 1 heterocycles. The van der Waals surface area contributed by atoms with Crippen LogP contribution in [0, 0.1) is 0 Å². The van der Waals surface area contributed by atoms with Crippen molar-refractivity contribution in [2.24, 2.45) is 0 Å². The summed E-state index contributed by atoms with van der Waals surface area (Å²) in [6, 6.07) is 19.4. The van der Waals surface area contributed by atoms with Crippen LogP contribution in [0.1, 0.15) is 18.9 Å². The van der Waals surface area contributed by atoms with Crippen LogP contribution in [0.4, 0.5) is 5.69 Å². The van der Waals surface area contributed by atoms with Gasteiger partial charge in [0, 0.05) is 32.5 Å². The van der Waals surface area contributed by atoms with Gasteiger partial charge < -0.3 is 15.0 Å². The molecule has 4 nitrogen and oxygen atoms in total. The number of fused-ring (bicyclic) bond motifs is 3. The smallest absolute Gasteiger partial charge is 0.227 e. The van der Waals surface area contributed by atoms with Crippen molar-refractivity contribution in [3.8, 4) is 5.75 Å². The van der Waals surface area contributed by atoms with Gasteiger partial charge in [0.05, 0.1) is 13.0 Å².